The molecule has 2 amide bonds. The first kappa shape index (κ1) is 48.1. The predicted molar refractivity (Wildman–Crippen MR) is 243 cm³/mol. The first-order valence-electron chi connectivity index (χ1n) is 22.4. The van der Waals surface area contributed by atoms with E-state index in [0.717, 1.165) is 17.6 Å². The zero-order chi connectivity index (χ0) is 46.6. The summed E-state index contributed by atoms with van der Waals surface area (Å²) in [5, 5.41) is 38.8. The molecule has 0 spiro atoms. The third kappa shape index (κ3) is 10.7. The van der Waals surface area contributed by atoms with Crippen LogP contribution in [0.5, 0.6) is 23.0 Å². The highest BCUT2D eigenvalue weighted by molar-refractivity contribution is 6.18. The number of fused-ring (bicyclic) bond motifs is 3. The molecule has 4 aliphatic rings. The Labute approximate surface area is 388 Å². The highest BCUT2D eigenvalue weighted by Crippen LogP contribution is 2.62. The maximum atomic E-state index is 14.7. The van der Waals surface area contributed by atoms with E-state index in [1.54, 1.807) is 48.2 Å². The molecular formula is C48H57ClN4O13. The Balaban J connectivity index is 1.44. The number of hydrogen-bond acceptors (Lipinski definition) is 14. The highest BCUT2D eigenvalue weighted by Gasteiger charge is 2.65. The van der Waals surface area contributed by atoms with Crippen LogP contribution in [0.15, 0.2) is 90.1 Å². The van der Waals surface area contributed by atoms with E-state index in [4.69, 9.17) is 50.0 Å². The molecule has 0 radical (unpaired) electrons. The van der Waals surface area contributed by atoms with E-state index in [9.17, 15) is 29.9 Å². The van der Waals surface area contributed by atoms with Crippen molar-refractivity contribution in [3.05, 3.63) is 112 Å². The van der Waals surface area contributed by atoms with Crippen molar-refractivity contribution in [2.24, 2.45) is 22.9 Å². The van der Waals surface area contributed by atoms with Crippen LogP contribution in [-0.2, 0) is 27.5 Å². The van der Waals surface area contributed by atoms with Gasteiger partial charge in [0.25, 0.3) is 5.69 Å². The van der Waals surface area contributed by atoms with Crippen LogP contribution in [0.4, 0.5) is 15.3 Å². The van der Waals surface area contributed by atoms with Crippen LogP contribution in [-0.4, -0.2) is 95.4 Å². The fourth-order valence-corrected chi connectivity index (χ4v) is 9.72. The molecule has 1 fully saturated rings. The number of halogens is 1. The third-order valence-corrected chi connectivity index (χ3v) is 12.6. The molecular weight excluding hydrogens is 876 g/mol. The normalized spacial score (nSPS) is 22.8. The smallest absolute Gasteiger partial charge is 0.412 e. The zero-order valence-electron chi connectivity index (χ0n) is 36.9. The number of rotatable bonds is 22. The number of unbranched alkanes of at least 4 members (excludes halogenated alkanes) is 2. The SMILES string of the molecule is C=CCO[C@@]12Oc3ccc(OC(=O)NCC)cc3[C@H]3[C@H](CCCCO)[C@@H](CCCCO)C=C(C(=NOCc4ccc([N+](=O)[O-])cc4)C[C@@H]1N(Cc1ccc4c(c1)OCO4)C(=O)OCCCl)[C@H]32. The predicted octanol–water partition coefficient (Wildman–Crippen LogP) is 8.14. The van der Waals surface area contributed by atoms with Gasteiger partial charge in [0.1, 0.15) is 30.8 Å². The second-order valence-electron chi connectivity index (χ2n) is 16.5. The standard InChI is InChI=1S/C48H57ClN4O13/c1-3-22-63-48-43(52(47(57)60-23-19-49)28-32-13-17-41-42(24-32)62-30-61-41)27-39(51-64-29-31-11-14-34(15-12-31)53(58)59)37-25-33(9-5-7-20-54)36(10-6-8-21-55)44(45(37)48)38-26-35(16-18-40(38)66-48)65-46(56)50-4-2/h3,11-18,24-26,33,36,43-45,54-55H,1,4-10,19-23,27-30H2,2H3,(H,50,56)/t33-,36+,43-,44+,45+,48+/m0/s1. The Hall–Kier alpha value is -5.88. The summed E-state index contributed by atoms with van der Waals surface area (Å²) in [5.74, 6) is -1.00. The molecule has 6 atom stereocenters. The minimum atomic E-state index is -1.63. The summed E-state index contributed by atoms with van der Waals surface area (Å²) >= 11 is 6.10. The number of carbonyl (C=O) groups is 2. The maximum absolute atomic E-state index is 14.7. The van der Waals surface area contributed by atoms with Crippen molar-refractivity contribution in [1.29, 1.82) is 0 Å². The summed E-state index contributed by atoms with van der Waals surface area (Å²) in [7, 11) is 0. The summed E-state index contributed by atoms with van der Waals surface area (Å²) in [5.41, 5.74) is 3.32. The maximum Gasteiger partial charge on any atom is 0.412 e. The van der Waals surface area contributed by atoms with E-state index < -0.39 is 40.8 Å². The Kier molecular flexibility index (Phi) is 16.4. The molecule has 3 N–H and O–H groups in total. The summed E-state index contributed by atoms with van der Waals surface area (Å²) < 4.78 is 37.3. The molecule has 0 bridgehead atoms. The number of non-ortho nitro benzene ring substituents is 1. The number of hydrogen-bond donors (Lipinski definition) is 3. The molecule has 354 valence electrons. The van der Waals surface area contributed by atoms with Gasteiger partial charge in [-0.15, -0.1) is 18.2 Å². The quantitative estimate of drug-likeness (QED) is 0.0286. The van der Waals surface area contributed by atoms with E-state index in [0.29, 0.717) is 78.5 Å². The lowest BCUT2D eigenvalue weighted by Crippen LogP contribution is -2.70. The number of allylic oxidation sites excluding steroid dienone is 1. The van der Waals surface area contributed by atoms with Crippen LogP contribution >= 0.6 is 11.6 Å². The third-order valence-electron chi connectivity index (χ3n) is 12.4. The van der Waals surface area contributed by atoms with Crippen LogP contribution in [0.2, 0.25) is 0 Å². The van der Waals surface area contributed by atoms with Gasteiger partial charge in [-0.1, -0.05) is 36.2 Å². The molecule has 3 aromatic carbocycles. The van der Waals surface area contributed by atoms with Crippen LogP contribution in [0, 0.1) is 27.9 Å². The zero-order valence-corrected chi connectivity index (χ0v) is 37.7. The van der Waals surface area contributed by atoms with E-state index >= 15 is 0 Å². The number of benzene rings is 3. The fraction of sp³-hybridized carbons (Fsp3) is 0.479. The Morgan fingerprint density at radius 1 is 1.02 bits per heavy atom. The van der Waals surface area contributed by atoms with Crippen LogP contribution in [0.3, 0.4) is 0 Å². The van der Waals surface area contributed by atoms with Crippen LogP contribution in [0.25, 0.3) is 0 Å². The molecule has 3 aromatic rings. The van der Waals surface area contributed by atoms with Crippen molar-refractivity contribution >= 4 is 35.2 Å². The molecule has 1 saturated carbocycles. The van der Waals surface area contributed by atoms with E-state index in [-0.39, 0.29) is 76.2 Å². The van der Waals surface area contributed by atoms with E-state index in [1.165, 1.54) is 12.1 Å². The Morgan fingerprint density at radius 2 is 1.76 bits per heavy atom. The Morgan fingerprint density at radius 3 is 2.48 bits per heavy atom. The van der Waals surface area contributed by atoms with Gasteiger partial charge in [-0.2, -0.15) is 0 Å². The number of aliphatic hydroxyl groups excluding tert-OH is 2. The van der Waals surface area contributed by atoms with Gasteiger partial charge < -0.3 is 48.8 Å². The number of aliphatic hydroxyl groups is 2. The van der Waals surface area contributed by atoms with Crippen LogP contribution in [0.1, 0.15) is 74.5 Å². The van der Waals surface area contributed by atoms with Gasteiger partial charge in [0, 0.05) is 56.3 Å². The number of nitrogens with one attached hydrogen (secondary N) is 1. The molecule has 2 aliphatic heterocycles. The first-order chi connectivity index (χ1) is 32.1. The fourth-order valence-electron chi connectivity index (χ4n) is 9.64. The number of oxime groups is 1. The van der Waals surface area contributed by atoms with Crippen molar-refractivity contribution in [3.8, 4) is 23.0 Å². The summed E-state index contributed by atoms with van der Waals surface area (Å²) in [6.07, 6.45) is 6.55. The number of amides is 2. The van der Waals surface area contributed by atoms with Crippen molar-refractivity contribution < 1.29 is 58.0 Å². The van der Waals surface area contributed by atoms with Gasteiger partial charge >= 0.3 is 12.2 Å². The molecule has 0 aromatic heterocycles. The summed E-state index contributed by atoms with van der Waals surface area (Å²) in [6.45, 7) is 6.19. The second kappa shape index (κ2) is 22.5. The lowest BCUT2D eigenvalue weighted by molar-refractivity contribution is -0.384. The highest BCUT2D eigenvalue weighted by atomic mass is 35.5. The number of nitrogens with zero attached hydrogens (tertiary/aromatic N) is 3. The average molecular weight is 933 g/mol. The monoisotopic (exact) mass is 932 g/mol. The molecule has 66 heavy (non-hydrogen) atoms. The molecule has 0 saturated heterocycles. The van der Waals surface area contributed by atoms with Gasteiger partial charge in [0.15, 0.2) is 11.5 Å². The van der Waals surface area contributed by atoms with Crippen LogP contribution < -0.4 is 24.3 Å². The summed E-state index contributed by atoms with van der Waals surface area (Å²) in [4.78, 5) is 46.1. The van der Waals surface area contributed by atoms with Gasteiger partial charge in [0.05, 0.1) is 29.0 Å². The number of nitro benzene ring substituents is 1. The topological polar surface area (TPSA) is 210 Å². The summed E-state index contributed by atoms with van der Waals surface area (Å²) in [6, 6.07) is 15.7. The van der Waals surface area contributed by atoms with Crippen molar-refractivity contribution in [3.63, 3.8) is 0 Å². The molecule has 2 heterocycles. The van der Waals surface area contributed by atoms with Gasteiger partial charge in [0.2, 0.25) is 12.6 Å². The minimum absolute atomic E-state index is 0.00817. The van der Waals surface area contributed by atoms with Crippen molar-refractivity contribution in [2.45, 2.75) is 82.8 Å². The lowest BCUT2D eigenvalue weighted by Gasteiger charge is -2.59. The van der Waals surface area contributed by atoms with E-state index in [1.807, 2.05) is 18.2 Å². The number of nitro groups is 1. The molecule has 17 nitrogen and oxygen atoms in total. The number of carbonyl (C=O) groups excluding carboxylic acids is 2. The second-order valence-corrected chi connectivity index (χ2v) is 16.9. The molecule has 2 aliphatic carbocycles. The largest absolute Gasteiger partial charge is 0.459 e. The first-order valence-corrected chi connectivity index (χ1v) is 22.9. The number of alkyl halides is 1. The molecule has 0 unspecified atom stereocenters. The number of ether oxygens (including phenoxy) is 6. The minimum Gasteiger partial charge on any atom is -0.459 e. The van der Waals surface area contributed by atoms with E-state index in [2.05, 4.69) is 18.0 Å². The van der Waals surface area contributed by atoms with Gasteiger partial charge in [-0.05, 0) is 104 Å². The molecule has 7 rings (SSSR count). The van der Waals surface area contributed by atoms with Crippen molar-refractivity contribution in [2.75, 3.05) is 45.6 Å². The van der Waals surface area contributed by atoms with Crippen molar-refractivity contribution in [1.82, 2.24) is 10.2 Å². The van der Waals surface area contributed by atoms with Gasteiger partial charge in [-0.25, -0.2) is 9.59 Å². The average Bonchev–Trinajstić information content (AvgIpc) is 3.79. The Bertz CT molecular complexity index is 2260. The lowest BCUT2D eigenvalue weighted by atomic mass is 9.55. The molecule has 18 heteroatoms. The van der Waals surface area contributed by atoms with Gasteiger partial charge in [-0.3, -0.25) is 15.0 Å².